The van der Waals surface area contributed by atoms with Crippen LogP contribution < -0.4 is 5.32 Å². The minimum absolute atomic E-state index is 0.0542. The van der Waals surface area contributed by atoms with E-state index in [0.717, 1.165) is 50.2 Å². The van der Waals surface area contributed by atoms with Crippen molar-refractivity contribution in [2.45, 2.75) is 64.0 Å². The molecule has 1 spiro atoms. The van der Waals surface area contributed by atoms with Crippen LogP contribution in [0.1, 0.15) is 52.4 Å². The zero-order valence-electron chi connectivity index (χ0n) is 15.3. The fourth-order valence-corrected chi connectivity index (χ4v) is 4.15. The average molecular weight is 351 g/mol. The predicted octanol–water partition coefficient (Wildman–Crippen LogP) is 1.51. The number of nitrogens with one attached hydrogen (secondary N) is 1. The topological polar surface area (TPSA) is 79.0 Å². The highest BCUT2D eigenvalue weighted by Crippen LogP contribution is 2.30. The highest BCUT2D eigenvalue weighted by Gasteiger charge is 2.52. The number of rotatable bonds is 5. The molecule has 25 heavy (non-hydrogen) atoms. The SMILES string of the molecule is CC(C)CN1CCC2(CC1)NC(=O)N(CC(=O)OC1CCCC1)C2=O. The van der Waals surface area contributed by atoms with E-state index in [4.69, 9.17) is 4.74 Å². The molecule has 140 valence electrons. The second kappa shape index (κ2) is 7.32. The first-order chi connectivity index (χ1) is 11.9. The first kappa shape index (κ1) is 18.2. The van der Waals surface area contributed by atoms with Crippen LogP contribution in [-0.2, 0) is 14.3 Å². The minimum atomic E-state index is -0.835. The quantitative estimate of drug-likeness (QED) is 0.600. The summed E-state index contributed by atoms with van der Waals surface area (Å²) in [6.45, 7) is 6.62. The zero-order valence-corrected chi connectivity index (χ0v) is 15.3. The number of amides is 3. The molecule has 0 aromatic carbocycles. The second-order valence-corrected chi connectivity index (χ2v) is 7.99. The first-order valence-electron chi connectivity index (χ1n) is 9.45. The van der Waals surface area contributed by atoms with Crippen LogP contribution in [0.15, 0.2) is 0 Å². The lowest BCUT2D eigenvalue weighted by atomic mass is 9.87. The molecule has 1 N–H and O–H groups in total. The number of likely N-dealkylation sites (tertiary alicyclic amines) is 1. The third-order valence-corrected chi connectivity index (χ3v) is 5.47. The number of hydrogen-bond acceptors (Lipinski definition) is 5. The molecule has 1 aliphatic carbocycles. The lowest BCUT2D eigenvalue weighted by Crippen LogP contribution is -2.55. The van der Waals surface area contributed by atoms with Gasteiger partial charge in [-0.3, -0.25) is 14.5 Å². The maximum Gasteiger partial charge on any atom is 0.326 e. The van der Waals surface area contributed by atoms with Gasteiger partial charge < -0.3 is 15.0 Å². The van der Waals surface area contributed by atoms with Crippen molar-refractivity contribution >= 4 is 17.9 Å². The number of hydrogen-bond donors (Lipinski definition) is 1. The van der Waals surface area contributed by atoms with Crippen LogP contribution >= 0.6 is 0 Å². The number of carbonyl (C=O) groups is 3. The van der Waals surface area contributed by atoms with Crippen molar-refractivity contribution in [2.75, 3.05) is 26.2 Å². The van der Waals surface area contributed by atoms with Crippen molar-refractivity contribution in [2.24, 2.45) is 5.92 Å². The molecule has 0 radical (unpaired) electrons. The van der Waals surface area contributed by atoms with Crippen molar-refractivity contribution in [1.29, 1.82) is 0 Å². The fraction of sp³-hybridized carbons (Fsp3) is 0.833. The Labute approximate surface area is 149 Å². The summed E-state index contributed by atoms with van der Waals surface area (Å²) in [6.07, 6.45) is 5.02. The number of piperidine rings is 1. The molecule has 0 aromatic rings. The van der Waals surface area contributed by atoms with E-state index in [1.54, 1.807) is 0 Å². The number of urea groups is 1. The van der Waals surface area contributed by atoms with Crippen LogP contribution in [0.2, 0.25) is 0 Å². The number of nitrogens with zero attached hydrogens (tertiary/aromatic N) is 2. The van der Waals surface area contributed by atoms with Gasteiger partial charge in [0.25, 0.3) is 5.91 Å². The first-order valence-corrected chi connectivity index (χ1v) is 9.45. The third kappa shape index (κ3) is 3.97. The van der Waals surface area contributed by atoms with Crippen molar-refractivity contribution in [3.05, 3.63) is 0 Å². The lowest BCUT2D eigenvalue weighted by molar-refractivity contribution is -0.152. The van der Waals surface area contributed by atoms with Gasteiger partial charge in [0.15, 0.2) is 0 Å². The Morgan fingerprint density at radius 3 is 2.48 bits per heavy atom. The monoisotopic (exact) mass is 351 g/mol. The van der Waals surface area contributed by atoms with Gasteiger partial charge in [0.05, 0.1) is 0 Å². The zero-order chi connectivity index (χ0) is 18.0. The summed E-state index contributed by atoms with van der Waals surface area (Å²) in [5, 5.41) is 2.84. The highest BCUT2D eigenvalue weighted by atomic mass is 16.5. The van der Waals surface area contributed by atoms with Crippen molar-refractivity contribution in [3.63, 3.8) is 0 Å². The second-order valence-electron chi connectivity index (χ2n) is 7.99. The molecule has 1 saturated carbocycles. The van der Waals surface area contributed by atoms with Gasteiger partial charge in [-0.2, -0.15) is 0 Å². The van der Waals surface area contributed by atoms with E-state index in [9.17, 15) is 14.4 Å². The molecule has 2 heterocycles. The summed E-state index contributed by atoms with van der Waals surface area (Å²) in [5.41, 5.74) is -0.835. The molecule has 0 bridgehead atoms. The van der Waals surface area contributed by atoms with E-state index in [1.165, 1.54) is 0 Å². The largest absolute Gasteiger partial charge is 0.461 e. The van der Waals surface area contributed by atoms with Gasteiger partial charge in [0, 0.05) is 19.6 Å². The molecule has 2 saturated heterocycles. The van der Waals surface area contributed by atoms with Crippen LogP contribution in [0, 0.1) is 5.92 Å². The Kier molecular flexibility index (Phi) is 5.32. The number of carbonyl (C=O) groups excluding carboxylic acids is 3. The van der Waals surface area contributed by atoms with Crippen LogP contribution in [0.5, 0.6) is 0 Å². The van der Waals surface area contributed by atoms with Crippen molar-refractivity contribution in [1.82, 2.24) is 15.1 Å². The Morgan fingerprint density at radius 2 is 1.88 bits per heavy atom. The van der Waals surface area contributed by atoms with Gasteiger partial charge >= 0.3 is 12.0 Å². The van der Waals surface area contributed by atoms with E-state index in [0.29, 0.717) is 18.8 Å². The summed E-state index contributed by atoms with van der Waals surface area (Å²) in [6, 6.07) is -0.467. The van der Waals surface area contributed by atoms with E-state index < -0.39 is 17.5 Å². The number of ether oxygens (including phenoxy) is 1. The van der Waals surface area contributed by atoms with Gasteiger partial charge in [-0.15, -0.1) is 0 Å². The van der Waals surface area contributed by atoms with E-state index in [2.05, 4.69) is 24.1 Å². The Bertz CT molecular complexity index is 534. The maximum absolute atomic E-state index is 12.8. The molecule has 2 aliphatic heterocycles. The Hall–Kier alpha value is -1.63. The van der Waals surface area contributed by atoms with E-state index in [-0.39, 0.29) is 18.6 Å². The van der Waals surface area contributed by atoms with Gasteiger partial charge in [0.2, 0.25) is 0 Å². The van der Waals surface area contributed by atoms with Crippen LogP contribution in [-0.4, -0.2) is 65.5 Å². The molecule has 7 nitrogen and oxygen atoms in total. The molecule has 7 heteroatoms. The number of imide groups is 1. The van der Waals surface area contributed by atoms with Crippen LogP contribution in [0.25, 0.3) is 0 Å². The van der Waals surface area contributed by atoms with E-state index in [1.807, 2.05) is 0 Å². The minimum Gasteiger partial charge on any atom is -0.461 e. The third-order valence-electron chi connectivity index (χ3n) is 5.47. The molecule has 0 atom stereocenters. The summed E-state index contributed by atoms with van der Waals surface area (Å²) in [4.78, 5) is 40.5. The van der Waals surface area contributed by atoms with Gasteiger partial charge in [-0.05, 0) is 44.4 Å². The molecule has 3 amide bonds. The Balaban J connectivity index is 1.56. The van der Waals surface area contributed by atoms with Gasteiger partial charge in [0.1, 0.15) is 18.2 Å². The summed E-state index contributed by atoms with van der Waals surface area (Å²) in [7, 11) is 0. The maximum atomic E-state index is 12.8. The molecule has 3 fully saturated rings. The van der Waals surface area contributed by atoms with Crippen molar-refractivity contribution in [3.8, 4) is 0 Å². The van der Waals surface area contributed by atoms with Gasteiger partial charge in [-0.1, -0.05) is 13.8 Å². The standard InChI is InChI=1S/C18H29N3O4/c1-13(2)11-20-9-7-18(8-10-20)16(23)21(17(24)19-18)12-15(22)25-14-5-3-4-6-14/h13-14H,3-12H2,1-2H3,(H,19,24). The molecule has 3 rings (SSSR count). The van der Waals surface area contributed by atoms with E-state index >= 15 is 0 Å². The van der Waals surface area contributed by atoms with Crippen molar-refractivity contribution < 1.29 is 19.1 Å². The molecular formula is C18H29N3O4. The Morgan fingerprint density at radius 1 is 1.24 bits per heavy atom. The van der Waals surface area contributed by atoms with Gasteiger partial charge in [-0.25, -0.2) is 4.79 Å². The molecule has 3 aliphatic rings. The average Bonchev–Trinajstić information content (AvgIpc) is 3.12. The summed E-state index contributed by atoms with van der Waals surface area (Å²) in [5.74, 6) is -0.181. The van der Waals surface area contributed by atoms with Crippen LogP contribution in [0.4, 0.5) is 4.79 Å². The molecule has 0 unspecified atom stereocenters. The number of esters is 1. The predicted molar refractivity (Wildman–Crippen MR) is 91.8 cm³/mol. The summed E-state index contributed by atoms with van der Waals surface area (Å²) >= 11 is 0. The fourth-order valence-electron chi connectivity index (χ4n) is 4.15. The normalized spacial score (nSPS) is 24.4. The van der Waals surface area contributed by atoms with Crippen LogP contribution in [0.3, 0.4) is 0 Å². The smallest absolute Gasteiger partial charge is 0.326 e. The summed E-state index contributed by atoms with van der Waals surface area (Å²) < 4.78 is 5.39. The highest BCUT2D eigenvalue weighted by molar-refractivity contribution is 6.08. The molecule has 0 aromatic heterocycles. The lowest BCUT2D eigenvalue weighted by Gasteiger charge is -2.37. The molecular weight excluding hydrogens is 322 g/mol.